The van der Waals surface area contributed by atoms with Gasteiger partial charge in [0.15, 0.2) is 17.9 Å². The molecule has 1 saturated heterocycles. The van der Waals surface area contributed by atoms with Crippen LogP contribution in [0.25, 0.3) is 0 Å². The maximum Gasteiger partial charge on any atom is 0.319 e. The van der Waals surface area contributed by atoms with Crippen molar-refractivity contribution in [1.82, 2.24) is 5.32 Å². The number of carbonyl (C=O) groups excluding carboxylic acids is 1. The minimum atomic E-state index is -1.06. The van der Waals surface area contributed by atoms with Crippen LogP contribution < -0.4 is 15.4 Å². The molecule has 0 saturated carbocycles. The fourth-order valence-corrected chi connectivity index (χ4v) is 2.29. The number of carbonyl (C=O) groups is 1. The molecule has 1 atom stereocenters. The number of urea groups is 1. The Bertz CT molecular complexity index is 551. The first-order chi connectivity index (χ1) is 11.6. The van der Waals surface area contributed by atoms with E-state index in [9.17, 15) is 13.6 Å². The van der Waals surface area contributed by atoms with Gasteiger partial charge in [0.05, 0.1) is 19.4 Å². The first-order valence-corrected chi connectivity index (χ1v) is 7.91. The van der Waals surface area contributed by atoms with Crippen LogP contribution in [-0.4, -0.2) is 39.2 Å². The molecule has 0 radical (unpaired) electrons. The van der Waals surface area contributed by atoms with Gasteiger partial charge in [0.25, 0.3) is 0 Å². The van der Waals surface area contributed by atoms with E-state index in [1.807, 2.05) is 0 Å². The number of ether oxygens (including phenoxy) is 3. The summed E-state index contributed by atoms with van der Waals surface area (Å²) < 4.78 is 42.2. The van der Waals surface area contributed by atoms with Crippen molar-refractivity contribution in [1.29, 1.82) is 0 Å². The Morgan fingerprint density at radius 3 is 2.83 bits per heavy atom. The normalized spacial score (nSPS) is 17.4. The summed E-state index contributed by atoms with van der Waals surface area (Å²) in [7, 11) is 1.31. The fraction of sp³-hybridized carbons (Fsp3) is 0.562. The lowest BCUT2D eigenvalue weighted by molar-refractivity contribution is -0.162. The molecule has 0 aliphatic carbocycles. The number of rotatable bonds is 7. The van der Waals surface area contributed by atoms with Crippen molar-refractivity contribution < 1.29 is 27.8 Å². The van der Waals surface area contributed by atoms with Gasteiger partial charge in [0.2, 0.25) is 0 Å². The topological polar surface area (TPSA) is 68.8 Å². The second-order valence-electron chi connectivity index (χ2n) is 5.37. The second kappa shape index (κ2) is 9.39. The summed E-state index contributed by atoms with van der Waals surface area (Å²) >= 11 is 0. The van der Waals surface area contributed by atoms with Crippen molar-refractivity contribution in [3.8, 4) is 5.75 Å². The minimum absolute atomic E-state index is 0.0434. The highest BCUT2D eigenvalue weighted by atomic mass is 19.2. The fourth-order valence-electron chi connectivity index (χ4n) is 2.29. The molecule has 0 spiro atoms. The molecule has 1 unspecified atom stereocenters. The quantitative estimate of drug-likeness (QED) is 0.746. The van der Waals surface area contributed by atoms with Crippen LogP contribution in [0.1, 0.15) is 25.7 Å². The third-order valence-corrected chi connectivity index (χ3v) is 3.54. The lowest BCUT2D eigenvalue weighted by Gasteiger charge is -2.22. The van der Waals surface area contributed by atoms with Gasteiger partial charge >= 0.3 is 6.03 Å². The molecule has 134 valence electrons. The molecule has 1 aromatic carbocycles. The smallest absolute Gasteiger partial charge is 0.319 e. The van der Waals surface area contributed by atoms with Crippen LogP contribution >= 0.6 is 0 Å². The molecular formula is C16H22F2N2O4. The number of hydrogen-bond donors (Lipinski definition) is 2. The van der Waals surface area contributed by atoms with Crippen LogP contribution in [0.4, 0.5) is 19.3 Å². The van der Waals surface area contributed by atoms with Gasteiger partial charge < -0.3 is 24.8 Å². The van der Waals surface area contributed by atoms with E-state index < -0.39 is 17.7 Å². The molecule has 24 heavy (non-hydrogen) atoms. The predicted molar refractivity (Wildman–Crippen MR) is 84.1 cm³/mol. The van der Waals surface area contributed by atoms with Gasteiger partial charge in [0.1, 0.15) is 5.75 Å². The van der Waals surface area contributed by atoms with Crippen molar-refractivity contribution in [3.05, 3.63) is 23.8 Å². The first kappa shape index (κ1) is 18.4. The largest absolute Gasteiger partial charge is 0.494 e. The SMILES string of the molecule is COc1cc(F)c(F)cc1NC(=O)NCCCOC1CCCCO1. The molecule has 0 aromatic heterocycles. The van der Waals surface area contributed by atoms with E-state index in [0.29, 0.717) is 19.6 Å². The van der Waals surface area contributed by atoms with E-state index in [2.05, 4.69) is 10.6 Å². The summed E-state index contributed by atoms with van der Waals surface area (Å²) in [6.07, 6.45) is 3.52. The third kappa shape index (κ3) is 5.61. The van der Waals surface area contributed by atoms with Crippen LogP contribution in [0.3, 0.4) is 0 Å². The summed E-state index contributed by atoms with van der Waals surface area (Å²) in [6, 6.07) is 1.22. The van der Waals surface area contributed by atoms with Crippen molar-refractivity contribution in [2.24, 2.45) is 0 Å². The highest BCUT2D eigenvalue weighted by molar-refractivity contribution is 5.90. The molecule has 1 heterocycles. The van der Waals surface area contributed by atoms with Crippen molar-refractivity contribution in [3.63, 3.8) is 0 Å². The first-order valence-electron chi connectivity index (χ1n) is 7.91. The number of anilines is 1. The second-order valence-corrected chi connectivity index (χ2v) is 5.37. The highest BCUT2D eigenvalue weighted by Crippen LogP contribution is 2.26. The molecule has 2 N–H and O–H groups in total. The highest BCUT2D eigenvalue weighted by Gasteiger charge is 2.14. The average molecular weight is 344 g/mol. The van der Waals surface area contributed by atoms with E-state index in [1.54, 1.807) is 0 Å². The zero-order valence-corrected chi connectivity index (χ0v) is 13.6. The molecule has 0 bridgehead atoms. The van der Waals surface area contributed by atoms with Gasteiger partial charge in [-0.05, 0) is 25.7 Å². The third-order valence-electron chi connectivity index (χ3n) is 3.54. The molecule has 1 aliphatic heterocycles. The summed E-state index contributed by atoms with van der Waals surface area (Å²) in [5, 5.41) is 5.03. The van der Waals surface area contributed by atoms with E-state index >= 15 is 0 Å². The van der Waals surface area contributed by atoms with Gasteiger partial charge in [-0.15, -0.1) is 0 Å². The van der Waals surface area contributed by atoms with Crippen LogP contribution in [-0.2, 0) is 9.47 Å². The summed E-state index contributed by atoms with van der Waals surface area (Å²) in [4.78, 5) is 11.8. The van der Waals surface area contributed by atoms with Gasteiger partial charge in [-0.25, -0.2) is 13.6 Å². The summed E-state index contributed by atoms with van der Waals surface area (Å²) in [6.45, 7) is 1.57. The van der Waals surface area contributed by atoms with Gasteiger partial charge in [-0.1, -0.05) is 0 Å². The molecule has 2 amide bonds. The molecule has 8 heteroatoms. The molecular weight excluding hydrogens is 322 g/mol. The van der Waals surface area contributed by atoms with Crippen molar-refractivity contribution in [2.45, 2.75) is 32.0 Å². The van der Waals surface area contributed by atoms with Crippen LogP contribution in [0, 0.1) is 11.6 Å². The van der Waals surface area contributed by atoms with Crippen LogP contribution in [0.2, 0.25) is 0 Å². The van der Waals surface area contributed by atoms with Crippen molar-refractivity contribution in [2.75, 3.05) is 32.2 Å². The van der Waals surface area contributed by atoms with Crippen LogP contribution in [0.5, 0.6) is 5.75 Å². The number of methoxy groups -OCH3 is 1. The number of amides is 2. The van der Waals surface area contributed by atoms with E-state index in [4.69, 9.17) is 14.2 Å². The Kier molecular flexibility index (Phi) is 7.20. The zero-order chi connectivity index (χ0) is 17.4. The Labute approximate surface area is 139 Å². The monoisotopic (exact) mass is 344 g/mol. The summed E-state index contributed by atoms with van der Waals surface area (Å²) in [5.74, 6) is -2.06. The molecule has 1 fully saturated rings. The number of benzene rings is 1. The number of hydrogen-bond acceptors (Lipinski definition) is 4. The molecule has 1 aromatic rings. The molecule has 1 aliphatic rings. The van der Waals surface area contributed by atoms with Crippen molar-refractivity contribution >= 4 is 11.7 Å². The molecule has 2 rings (SSSR count). The van der Waals surface area contributed by atoms with Gasteiger partial charge in [-0.2, -0.15) is 0 Å². The molecule has 6 nitrogen and oxygen atoms in total. The number of nitrogens with one attached hydrogen (secondary N) is 2. The maximum absolute atomic E-state index is 13.2. The summed E-state index contributed by atoms with van der Waals surface area (Å²) in [5.41, 5.74) is 0.0563. The average Bonchev–Trinajstić information content (AvgIpc) is 2.58. The van der Waals surface area contributed by atoms with E-state index in [0.717, 1.165) is 38.0 Å². The Balaban J connectivity index is 1.68. The Hall–Kier alpha value is -1.93. The zero-order valence-electron chi connectivity index (χ0n) is 13.6. The van der Waals surface area contributed by atoms with Gasteiger partial charge in [0, 0.05) is 25.3 Å². The lowest BCUT2D eigenvalue weighted by atomic mass is 10.2. The maximum atomic E-state index is 13.2. The lowest BCUT2D eigenvalue weighted by Crippen LogP contribution is -2.31. The number of halogens is 2. The standard InChI is InChI=1S/C16H22F2N2O4/c1-22-14-10-12(18)11(17)9-13(14)20-16(21)19-6-4-8-24-15-5-2-3-7-23-15/h9-10,15H,2-8H2,1H3,(H2,19,20,21). The Morgan fingerprint density at radius 2 is 2.12 bits per heavy atom. The predicted octanol–water partition coefficient (Wildman–Crippen LogP) is 3.03. The van der Waals surface area contributed by atoms with E-state index in [1.165, 1.54) is 7.11 Å². The minimum Gasteiger partial charge on any atom is -0.494 e. The Morgan fingerprint density at radius 1 is 1.33 bits per heavy atom. The van der Waals surface area contributed by atoms with Crippen LogP contribution in [0.15, 0.2) is 12.1 Å². The van der Waals surface area contributed by atoms with Gasteiger partial charge in [-0.3, -0.25) is 0 Å². The van der Waals surface area contributed by atoms with E-state index in [-0.39, 0.29) is 17.7 Å².